The van der Waals surface area contributed by atoms with Crippen molar-refractivity contribution in [2.24, 2.45) is 5.10 Å². The van der Waals surface area contributed by atoms with Crippen LogP contribution in [0.2, 0.25) is 0 Å². The number of nitrogens with one attached hydrogen (secondary N) is 2. The maximum Gasteiger partial charge on any atom is 0.416 e. The standard InChI is InChI=1S/C16H14F3N3O/c1-11-5-2-3-8-14(11)21-15(23)22-20-10-12-6-4-7-13(9-12)16(17,18)19/h2-10H,1H3,(H2,21,22,23). The molecule has 120 valence electrons. The molecule has 0 aromatic heterocycles. The zero-order valence-electron chi connectivity index (χ0n) is 12.2. The average Bonchev–Trinajstić information content (AvgIpc) is 2.49. The van der Waals surface area contributed by atoms with Gasteiger partial charge < -0.3 is 5.32 Å². The number of hydrogen-bond acceptors (Lipinski definition) is 2. The average molecular weight is 321 g/mol. The van der Waals surface area contributed by atoms with Gasteiger partial charge in [0.2, 0.25) is 0 Å². The second kappa shape index (κ2) is 6.95. The van der Waals surface area contributed by atoms with Gasteiger partial charge in [-0.2, -0.15) is 18.3 Å². The van der Waals surface area contributed by atoms with Crippen LogP contribution < -0.4 is 10.7 Å². The minimum atomic E-state index is -4.42. The summed E-state index contributed by atoms with van der Waals surface area (Å²) in [5.41, 5.74) is 3.17. The molecule has 0 spiro atoms. The molecule has 0 aliphatic heterocycles. The van der Waals surface area contributed by atoms with E-state index < -0.39 is 17.8 Å². The number of hydrogen-bond donors (Lipinski definition) is 2. The van der Waals surface area contributed by atoms with Gasteiger partial charge in [-0.15, -0.1) is 0 Å². The molecule has 0 unspecified atom stereocenters. The van der Waals surface area contributed by atoms with Gasteiger partial charge in [0.25, 0.3) is 0 Å². The van der Waals surface area contributed by atoms with E-state index in [9.17, 15) is 18.0 Å². The normalized spacial score (nSPS) is 11.5. The van der Waals surface area contributed by atoms with Gasteiger partial charge in [-0.3, -0.25) is 0 Å². The molecule has 2 amide bonds. The summed E-state index contributed by atoms with van der Waals surface area (Å²) in [4.78, 5) is 11.7. The van der Waals surface area contributed by atoms with Crippen LogP contribution in [-0.4, -0.2) is 12.2 Å². The van der Waals surface area contributed by atoms with Crippen molar-refractivity contribution in [3.63, 3.8) is 0 Å². The van der Waals surface area contributed by atoms with E-state index in [0.29, 0.717) is 5.69 Å². The Hall–Kier alpha value is -2.83. The Bertz CT molecular complexity index is 727. The zero-order chi connectivity index (χ0) is 16.9. The van der Waals surface area contributed by atoms with Crippen molar-refractivity contribution in [1.82, 2.24) is 5.43 Å². The lowest BCUT2D eigenvalue weighted by molar-refractivity contribution is -0.137. The van der Waals surface area contributed by atoms with Crippen molar-refractivity contribution in [2.45, 2.75) is 13.1 Å². The molecule has 4 nitrogen and oxygen atoms in total. The largest absolute Gasteiger partial charge is 0.416 e. The van der Waals surface area contributed by atoms with Gasteiger partial charge in [0, 0.05) is 5.69 Å². The van der Waals surface area contributed by atoms with Crippen LogP contribution in [0.5, 0.6) is 0 Å². The topological polar surface area (TPSA) is 53.5 Å². The number of carbonyl (C=O) groups excluding carboxylic acids is 1. The second-order valence-corrected chi connectivity index (χ2v) is 4.76. The number of carbonyl (C=O) groups is 1. The number of para-hydroxylation sites is 1. The third-order valence-corrected chi connectivity index (χ3v) is 2.99. The van der Waals surface area contributed by atoms with Crippen LogP contribution >= 0.6 is 0 Å². The molecule has 0 heterocycles. The first kappa shape index (κ1) is 16.5. The van der Waals surface area contributed by atoms with Gasteiger partial charge in [0.05, 0.1) is 11.8 Å². The lowest BCUT2D eigenvalue weighted by atomic mass is 10.1. The summed E-state index contributed by atoms with van der Waals surface area (Å²) in [6.45, 7) is 1.83. The van der Waals surface area contributed by atoms with Crippen LogP contribution in [0.25, 0.3) is 0 Å². The fraction of sp³-hybridized carbons (Fsp3) is 0.125. The highest BCUT2D eigenvalue weighted by molar-refractivity contribution is 5.91. The van der Waals surface area contributed by atoms with Crippen LogP contribution in [0.4, 0.5) is 23.7 Å². The lowest BCUT2D eigenvalue weighted by Gasteiger charge is -2.07. The number of urea groups is 1. The third-order valence-electron chi connectivity index (χ3n) is 2.99. The van der Waals surface area contributed by atoms with Crippen LogP contribution in [0.15, 0.2) is 53.6 Å². The summed E-state index contributed by atoms with van der Waals surface area (Å²) in [5, 5.41) is 6.22. The molecule has 0 bridgehead atoms. The molecule has 7 heteroatoms. The molecule has 0 aliphatic carbocycles. The molecule has 2 aromatic rings. The summed E-state index contributed by atoms with van der Waals surface area (Å²) in [7, 11) is 0. The van der Waals surface area contributed by atoms with E-state index in [1.807, 2.05) is 19.1 Å². The van der Waals surface area contributed by atoms with Crippen molar-refractivity contribution in [1.29, 1.82) is 0 Å². The molecule has 2 aromatic carbocycles. The Kier molecular flexibility index (Phi) is 5.00. The van der Waals surface area contributed by atoms with Crippen molar-refractivity contribution < 1.29 is 18.0 Å². The predicted octanol–water partition coefficient (Wildman–Crippen LogP) is 4.17. The van der Waals surface area contributed by atoms with Gasteiger partial charge in [0.1, 0.15) is 0 Å². The van der Waals surface area contributed by atoms with E-state index in [1.165, 1.54) is 12.1 Å². The van der Waals surface area contributed by atoms with Crippen molar-refractivity contribution in [2.75, 3.05) is 5.32 Å². The molecular formula is C16H14F3N3O. The van der Waals surface area contributed by atoms with Gasteiger partial charge >= 0.3 is 12.2 Å². The number of benzene rings is 2. The molecule has 0 fully saturated rings. The second-order valence-electron chi connectivity index (χ2n) is 4.76. The van der Waals surface area contributed by atoms with Gasteiger partial charge in [-0.05, 0) is 36.2 Å². The maximum absolute atomic E-state index is 12.6. The maximum atomic E-state index is 12.6. The summed E-state index contributed by atoms with van der Waals surface area (Å²) in [6.07, 6.45) is -3.27. The van der Waals surface area contributed by atoms with E-state index in [1.54, 1.807) is 12.1 Å². The Morgan fingerprint density at radius 1 is 1.13 bits per heavy atom. The van der Waals surface area contributed by atoms with Crippen LogP contribution in [0.1, 0.15) is 16.7 Å². The molecular weight excluding hydrogens is 307 g/mol. The Balaban J connectivity index is 1.97. The number of hydrazone groups is 1. The number of anilines is 1. The molecule has 0 aliphatic rings. The highest BCUT2D eigenvalue weighted by Crippen LogP contribution is 2.29. The minimum absolute atomic E-state index is 0.232. The van der Waals surface area contributed by atoms with Gasteiger partial charge in [-0.1, -0.05) is 30.3 Å². The molecule has 2 N–H and O–H groups in total. The molecule has 0 atom stereocenters. The van der Waals surface area contributed by atoms with E-state index >= 15 is 0 Å². The lowest BCUT2D eigenvalue weighted by Crippen LogP contribution is -2.24. The van der Waals surface area contributed by atoms with Crippen molar-refractivity contribution in [3.05, 3.63) is 65.2 Å². The number of aryl methyl sites for hydroxylation is 1. The molecule has 0 saturated heterocycles. The van der Waals surface area contributed by atoms with E-state index in [-0.39, 0.29) is 5.56 Å². The first-order chi connectivity index (χ1) is 10.9. The smallest absolute Gasteiger partial charge is 0.306 e. The summed E-state index contributed by atoms with van der Waals surface area (Å²) >= 11 is 0. The molecule has 0 saturated carbocycles. The quantitative estimate of drug-likeness (QED) is 0.647. The first-order valence-corrected chi connectivity index (χ1v) is 6.69. The highest BCUT2D eigenvalue weighted by atomic mass is 19.4. The van der Waals surface area contributed by atoms with Crippen LogP contribution in [0, 0.1) is 6.92 Å². The summed E-state index contributed by atoms with van der Waals surface area (Å²) < 4.78 is 37.7. The fourth-order valence-electron chi connectivity index (χ4n) is 1.82. The number of amides is 2. The Labute approximate surface area is 131 Å². The van der Waals surface area contributed by atoms with E-state index in [0.717, 1.165) is 23.9 Å². The SMILES string of the molecule is Cc1ccccc1NC(=O)NN=Cc1cccc(C(F)(F)F)c1. The van der Waals surface area contributed by atoms with Crippen LogP contribution in [0.3, 0.4) is 0 Å². The van der Waals surface area contributed by atoms with Crippen molar-refractivity contribution in [3.8, 4) is 0 Å². The molecule has 0 radical (unpaired) electrons. The van der Waals surface area contributed by atoms with Gasteiger partial charge in [0.15, 0.2) is 0 Å². The fourth-order valence-corrected chi connectivity index (χ4v) is 1.82. The first-order valence-electron chi connectivity index (χ1n) is 6.69. The monoisotopic (exact) mass is 321 g/mol. The third kappa shape index (κ3) is 4.84. The van der Waals surface area contributed by atoms with Gasteiger partial charge in [-0.25, -0.2) is 10.2 Å². The Morgan fingerprint density at radius 2 is 1.87 bits per heavy atom. The summed E-state index contributed by atoms with van der Waals surface area (Å²) in [6, 6.07) is 11.2. The summed E-state index contributed by atoms with van der Waals surface area (Å²) in [5.74, 6) is 0. The van der Waals surface area contributed by atoms with E-state index in [4.69, 9.17) is 0 Å². The predicted molar refractivity (Wildman–Crippen MR) is 82.4 cm³/mol. The highest BCUT2D eigenvalue weighted by Gasteiger charge is 2.30. The zero-order valence-corrected chi connectivity index (χ0v) is 12.2. The Morgan fingerprint density at radius 3 is 2.57 bits per heavy atom. The number of alkyl halides is 3. The van der Waals surface area contributed by atoms with Crippen molar-refractivity contribution >= 4 is 17.9 Å². The van der Waals surface area contributed by atoms with E-state index in [2.05, 4.69) is 15.8 Å². The van der Waals surface area contributed by atoms with Crippen LogP contribution in [-0.2, 0) is 6.18 Å². The molecule has 2 rings (SSSR count). The molecule has 23 heavy (non-hydrogen) atoms. The number of nitrogens with zero attached hydrogens (tertiary/aromatic N) is 1. The number of rotatable bonds is 3. The minimum Gasteiger partial charge on any atom is -0.306 e. The number of halogens is 3.